The summed E-state index contributed by atoms with van der Waals surface area (Å²) < 4.78 is 39.1. The number of sulfonamides is 1. The van der Waals surface area contributed by atoms with Crippen molar-refractivity contribution in [2.45, 2.75) is 30.7 Å². The molecule has 0 aromatic heterocycles. The number of hydrogen-bond acceptors (Lipinski definition) is 6. The van der Waals surface area contributed by atoms with Gasteiger partial charge in [0, 0.05) is 18.2 Å². The molecule has 0 radical (unpaired) electrons. The molecule has 0 N–H and O–H groups in total. The van der Waals surface area contributed by atoms with Crippen molar-refractivity contribution < 1.29 is 22.8 Å². The van der Waals surface area contributed by atoms with Gasteiger partial charge in [0.2, 0.25) is 10.0 Å². The van der Waals surface area contributed by atoms with Crippen LogP contribution in [-0.2, 0) is 10.0 Å². The molecule has 0 aliphatic carbocycles. The van der Waals surface area contributed by atoms with Crippen LogP contribution in [0.5, 0.6) is 11.5 Å². The first-order valence-electron chi connectivity index (χ1n) is 9.04. The Hall–Kier alpha value is -2.65. The van der Waals surface area contributed by atoms with Gasteiger partial charge in [-0.2, -0.15) is 4.31 Å². The van der Waals surface area contributed by atoms with E-state index in [-0.39, 0.29) is 16.6 Å². The van der Waals surface area contributed by atoms with Crippen molar-refractivity contribution in [2.75, 3.05) is 19.8 Å². The minimum atomic E-state index is -3.87. The fourth-order valence-electron chi connectivity index (χ4n) is 3.71. The van der Waals surface area contributed by atoms with E-state index in [9.17, 15) is 18.5 Å². The summed E-state index contributed by atoms with van der Waals surface area (Å²) in [4.78, 5) is 10.6. The summed E-state index contributed by atoms with van der Waals surface area (Å²) in [7, 11) is -3.87. The van der Waals surface area contributed by atoms with Gasteiger partial charge in [-0.1, -0.05) is 12.1 Å². The topological polar surface area (TPSA) is 99.0 Å². The van der Waals surface area contributed by atoms with Crippen molar-refractivity contribution in [1.29, 1.82) is 0 Å². The maximum absolute atomic E-state index is 13.2. The predicted molar refractivity (Wildman–Crippen MR) is 101 cm³/mol. The van der Waals surface area contributed by atoms with Crippen LogP contribution < -0.4 is 9.47 Å². The fraction of sp³-hybridized carbons (Fsp3) is 0.368. The average molecular weight is 404 g/mol. The molecule has 148 valence electrons. The third-order valence-corrected chi connectivity index (χ3v) is 7.04. The van der Waals surface area contributed by atoms with E-state index in [1.807, 2.05) is 12.1 Å². The highest BCUT2D eigenvalue weighted by Crippen LogP contribution is 2.40. The highest BCUT2D eigenvalue weighted by Gasteiger charge is 2.37. The second-order valence-corrected chi connectivity index (χ2v) is 8.77. The van der Waals surface area contributed by atoms with E-state index < -0.39 is 14.9 Å². The van der Waals surface area contributed by atoms with E-state index in [2.05, 4.69) is 0 Å². The second-order valence-electron chi connectivity index (χ2n) is 6.88. The van der Waals surface area contributed by atoms with Crippen LogP contribution in [0.15, 0.2) is 41.3 Å². The molecular formula is C19H20N2O6S. The summed E-state index contributed by atoms with van der Waals surface area (Å²) in [5, 5.41) is 11.2. The molecule has 2 aliphatic heterocycles. The number of rotatable bonds is 4. The van der Waals surface area contributed by atoms with Crippen molar-refractivity contribution in [3.05, 3.63) is 57.6 Å². The molecule has 2 aromatic carbocycles. The van der Waals surface area contributed by atoms with Gasteiger partial charge >= 0.3 is 0 Å². The summed E-state index contributed by atoms with van der Waals surface area (Å²) in [5.74, 6) is 1.26. The molecule has 28 heavy (non-hydrogen) atoms. The lowest BCUT2D eigenvalue weighted by Gasteiger charge is -2.26. The first-order valence-corrected chi connectivity index (χ1v) is 10.5. The van der Waals surface area contributed by atoms with E-state index in [1.165, 1.54) is 16.4 Å². The number of ether oxygens (including phenoxy) is 2. The van der Waals surface area contributed by atoms with E-state index in [0.717, 1.165) is 11.6 Å². The van der Waals surface area contributed by atoms with Gasteiger partial charge in [-0.3, -0.25) is 10.1 Å². The normalized spacial score (nSPS) is 19.5. The van der Waals surface area contributed by atoms with Gasteiger partial charge in [0.05, 0.1) is 15.9 Å². The standard InChI is InChI=1S/C19H20N2O6S/c1-13-4-6-15(12-17(13)21(22)23)28(24,25)20-8-2-3-16(20)14-5-7-18-19(11-14)27-10-9-26-18/h4-7,11-12,16H,2-3,8-10H2,1H3. The lowest BCUT2D eigenvalue weighted by atomic mass is 10.0. The molecule has 1 atom stereocenters. The van der Waals surface area contributed by atoms with Gasteiger partial charge < -0.3 is 9.47 Å². The van der Waals surface area contributed by atoms with Crippen LogP contribution in [-0.4, -0.2) is 37.4 Å². The maximum atomic E-state index is 13.2. The Morgan fingerprint density at radius 1 is 1.11 bits per heavy atom. The predicted octanol–water partition coefficient (Wildman–Crippen LogP) is 3.20. The van der Waals surface area contributed by atoms with Crippen LogP contribution in [0.25, 0.3) is 0 Å². The number of aryl methyl sites for hydroxylation is 1. The van der Waals surface area contributed by atoms with Crippen LogP contribution in [0, 0.1) is 17.0 Å². The first-order chi connectivity index (χ1) is 13.4. The number of nitrogens with zero attached hydrogens (tertiary/aromatic N) is 2. The Morgan fingerprint density at radius 2 is 1.86 bits per heavy atom. The van der Waals surface area contributed by atoms with Crippen LogP contribution in [0.1, 0.15) is 30.0 Å². The summed E-state index contributed by atoms with van der Waals surface area (Å²) in [6.45, 7) is 2.89. The van der Waals surface area contributed by atoms with Crippen LogP contribution >= 0.6 is 0 Å². The molecule has 0 amide bonds. The molecule has 1 saturated heterocycles. The van der Waals surface area contributed by atoms with Crippen LogP contribution in [0.3, 0.4) is 0 Å². The first kappa shape index (κ1) is 18.7. The van der Waals surface area contributed by atoms with Crippen molar-refractivity contribution in [3.63, 3.8) is 0 Å². The molecule has 0 bridgehead atoms. The Balaban J connectivity index is 1.70. The minimum Gasteiger partial charge on any atom is -0.486 e. The fourth-order valence-corrected chi connectivity index (χ4v) is 5.41. The van der Waals surface area contributed by atoms with Crippen molar-refractivity contribution in [3.8, 4) is 11.5 Å². The number of nitro benzene ring substituents is 1. The Labute approximate surface area is 162 Å². The maximum Gasteiger partial charge on any atom is 0.273 e. The summed E-state index contributed by atoms with van der Waals surface area (Å²) in [6, 6.07) is 9.17. The third-order valence-electron chi connectivity index (χ3n) is 5.14. The van der Waals surface area contributed by atoms with Gasteiger partial charge in [0.25, 0.3) is 5.69 Å². The number of benzene rings is 2. The molecule has 2 aliphatic rings. The van der Waals surface area contributed by atoms with E-state index in [4.69, 9.17) is 9.47 Å². The summed E-state index contributed by atoms with van der Waals surface area (Å²) >= 11 is 0. The zero-order chi connectivity index (χ0) is 19.9. The van der Waals surface area contributed by atoms with Crippen molar-refractivity contribution in [2.24, 2.45) is 0 Å². The average Bonchev–Trinajstić information content (AvgIpc) is 3.18. The lowest BCUT2D eigenvalue weighted by Crippen LogP contribution is -2.31. The number of hydrogen-bond donors (Lipinski definition) is 0. The van der Waals surface area contributed by atoms with Gasteiger partial charge in [0.1, 0.15) is 13.2 Å². The molecule has 0 spiro atoms. The van der Waals surface area contributed by atoms with Gasteiger partial charge in [0.15, 0.2) is 11.5 Å². The quantitative estimate of drug-likeness (QED) is 0.573. The third kappa shape index (κ3) is 3.20. The summed E-state index contributed by atoms with van der Waals surface area (Å²) in [5.41, 5.74) is 1.05. The largest absolute Gasteiger partial charge is 0.486 e. The van der Waals surface area contributed by atoms with Crippen LogP contribution in [0.2, 0.25) is 0 Å². The smallest absolute Gasteiger partial charge is 0.273 e. The van der Waals surface area contributed by atoms with E-state index in [0.29, 0.717) is 49.7 Å². The van der Waals surface area contributed by atoms with Gasteiger partial charge in [-0.25, -0.2) is 8.42 Å². The lowest BCUT2D eigenvalue weighted by molar-refractivity contribution is -0.385. The molecule has 0 saturated carbocycles. The van der Waals surface area contributed by atoms with Gasteiger partial charge in [-0.15, -0.1) is 0 Å². The molecule has 2 aromatic rings. The van der Waals surface area contributed by atoms with E-state index >= 15 is 0 Å². The molecule has 8 nitrogen and oxygen atoms in total. The minimum absolute atomic E-state index is 0.0609. The molecule has 4 rings (SSSR count). The molecule has 2 heterocycles. The molecule has 9 heteroatoms. The highest BCUT2D eigenvalue weighted by molar-refractivity contribution is 7.89. The van der Waals surface area contributed by atoms with Crippen LogP contribution in [0.4, 0.5) is 5.69 Å². The summed E-state index contributed by atoms with van der Waals surface area (Å²) in [6.07, 6.45) is 1.39. The van der Waals surface area contributed by atoms with Crippen molar-refractivity contribution in [1.82, 2.24) is 4.31 Å². The highest BCUT2D eigenvalue weighted by atomic mass is 32.2. The number of nitro groups is 1. The Morgan fingerprint density at radius 3 is 2.61 bits per heavy atom. The van der Waals surface area contributed by atoms with Gasteiger partial charge in [-0.05, 0) is 43.5 Å². The monoisotopic (exact) mass is 404 g/mol. The Bertz CT molecular complexity index is 1040. The molecular weight excluding hydrogens is 384 g/mol. The number of fused-ring (bicyclic) bond motifs is 1. The molecule has 1 fully saturated rings. The second kappa shape index (κ2) is 7.06. The zero-order valence-corrected chi connectivity index (χ0v) is 16.1. The molecule has 1 unspecified atom stereocenters. The van der Waals surface area contributed by atoms with E-state index in [1.54, 1.807) is 13.0 Å². The van der Waals surface area contributed by atoms with Crippen molar-refractivity contribution >= 4 is 15.7 Å². The SMILES string of the molecule is Cc1ccc(S(=O)(=O)N2CCCC2c2ccc3c(c2)OCCO3)cc1[N+](=O)[O-]. The Kier molecular flexibility index (Phi) is 4.72. The zero-order valence-electron chi connectivity index (χ0n) is 15.3.